The fraction of sp³-hybridized carbons (Fsp3) is 0.0769. The summed E-state index contributed by atoms with van der Waals surface area (Å²) in [4.78, 5) is 45.0. The Hall–Kier alpha value is -6.13. The molecule has 0 aliphatic carbocycles. The van der Waals surface area contributed by atoms with Crippen LogP contribution in [0.4, 0.5) is 11.4 Å². The fourth-order valence-electron chi connectivity index (χ4n) is 4.92. The third-order valence-corrected chi connectivity index (χ3v) is 8.53. The van der Waals surface area contributed by atoms with E-state index < -0.39 is 17.1 Å². The van der Waals surface area contributed by atoms with E-state index in [1.165, 1.54) is 18.9 Å². The number of rotatable bonds is 11. The van der Waals surface area contributed by atoms with Gasteiger partial charge in [0.1, 0.15) is 17.0 Å². The largest absolute Gasteiger partial charge is 0.496 e. The van der Waals surface area contributed by atoms with Gasteiger partial charge < -0.3 is 25.1 Å². The van der Waals surface area contributed by atoms with Gasteiger partial charge in [-0.05, 0) is 85.8 Å². The molecule has 3 N–H and O–H groups in total. The van der Waals surface area contributed by atoms with Crippen molar-refractivity contribution in [3.05, 3.63) is 144 Å². The van der Waals surface area contributed by atoms with E-state index >= 15 is 0 Å². The third kappa shape index (κ3) is 8.24. The molecule has 6 rings (SSSR count). The van der Waals surface area contributed by atoms with E-state index in [2.05, 4.69) is 20.9 Å². The normalized spacial score (nSPS) is 11.8. The van der Waals surface area contributed by atoms with Crippen LogP contribution in [0.15, 0.2) is 142 Å². The molecule has 1 heterocycles. The van der Waals surface area contributed by atoms with Gasteiger partial charge in [0, 0.05) is 33.0 Å². The Kier molecular flexibility index (Phi) is 10.2. The van der Waals surface area contributed by atoms with E-state index in [4.69, 9.17) is 9.15 Å². The molecule has 0 aliphatic rings. The Morgan fingerprint density at radius 3 is 2.31 bits per heavy atom. The van der Waals surface area contributed by atoms with Crippen molar-refractivity contribution in [2.45, 2.75) is 17.1 Å². The van der Waals surface area contributed by atoms with Crippen LogP contribution in [0.3, 0.4) is 0 Å². The van der Waals surface area contributed by atoms with E-state index in [0.29, 0.717) is 39.7 Å². The summed E-state index contributed by atoms with van der Waals surface area (Å²) in [5.74, 6) is -0.0754. The van der Waals surface area contributed by atoms with Gasteiger partial charge in [-0.3, -0.25) is 14.4 Å². The SMILES string of the molecule is COc1ccccc1/C=C(/NC(=O)c1ccccc1)C(=O)Nc1cccc(SC(C)C(=O)Nc2ccc(-c3nc4ccccc4o3)cc2)c1. The number of fused-ring (bicyclic) bond motifs is 1. The lowest BCUT2D eigenvalue weighted by Crippen LogP contribution is -2.30. The molecule has 5 aromatic carbocycles. The number of thioether (sulfide) groups is 1. The molecule has 6 aromatic rings. The number of amides is 3. The number of para-hydroxylation sites is 3. The predicted octanol–water partition coefficient (Wildman–Crippen LogP) is 8.03. The molecule has 0 radical (unpaired) electrons. The minimum absolute atomic E-state index is 0.0336. The van der Waals surface area contributed by atoms with E-state index in [0.717, 1.165) is 16.0 Å². The molecular formula is C39H32N4O5S. The Morgan fingerprint density at radius 2 is 1.53 bits per heavy atom. The highest BCUT2D eigenvalue weighted by Gasteiger charge is 2.18. The molecule has 49 heavy (non-hydrogen) atoms. The summed E-state index contributed by atoms with van der Waals surface area (Å²) >= 11 is 1.35. The zero-order valence-corrected chi connectivity index (χ0v) is 27.5. The van der Waals surface area contributed by atoms with Crippen LogP contribution in [0.25, 0.3) is 28.6 Å². The average Bonchev–Trinajstić information content (AvgIpc) is 3.57. The lowest BCUT2D eigenvalue weighted by atomic mass is 10.1. The highest BCUT2D eigenvalue weighted by Crippen LogP contribution is 2.29. The molecule has 0 fully saturated rings. The van der Waals surface area contributed by atoms with Gasteiger partial charge in [-0.25, -0.2) is 4.98 Å². The van der Waals surface area contributed by atoms with Crippen LogP contribution in [0.5, 0.6) is 5.75 Å². The first-order valence-electron chi connectivity index (χ1n) is 15.4. The van der Waals surface area contributed by atoms with Gasteiger partial charge in [0.25, 0.3) is 11.8 Å². The van der Waals surface area contributed by atoms with Gasteiger partial charge in [-0.1, -0.05) is 54.6 Å². The zero-order chi connectivity index (χ0) is 34.2. The quantitative estimate of drug-likeness (QED) is 0.0944. The summed E-state index contributed by atoms with van der Waals surface area (Å²) in [7, 11) is 1.54. The minimum Gasteiger partial charge on any atom is -0.496 e. The molecule has 1 aromatic heterocycles. The van der Waals surface area contributed by atoms with Gasteiger partial charge in [-0.2, -0.15) is 0 Å². The van der Waals surface area contributed by atoms with Gasteiger partial charge in [0.05, 0.1) is 12.4 Å². The number of methoxy groups -OCH3 is 1. The smallest absolute Gasteiger partial charge is 0.272 e. The van der Waals surface area contributed by atoms with Crippen molar-refractivity contribution < 1.29 is 23.5 Å². The number of ether oxygens (including phenoxy) is 1. The first-order valence-corrected chi connectivity index (χ1v) is 16.3. The number of nitrogens with one attached hydrogen (secondary N) is 3. The number of hydrogen-bond donors (Lipinski definition) is 3. The number of aromatic nitrogens is 1. The van der Waals surface area contributed by atoms with E-state index in [-0.39, 0.29) is 11.6 Å². The van der Waals surface area contributed by atoms with Crippen molar-refractivity contribution in [1.29, 1.82) is 0 Å². The Morgan fingerprint density at radius 1 is 0.796 bits per heavy atom. The molecule has 244 valence electrons. The fourth-order valence-corrected chi connectivity index (χ4v) is 5.85. The van der Waals surface area contributed by atoms with Crippen LogP contribution in [-0.4, -0.2) is 35.1 Å². The average molecular weight is 669 g/mol. The number of oxazole rings is 1. The summed E-state index contributed by atoms with van der Waals surface area (Å²) in [6, 6.07) is 37.9. The van der Waals surface area contributed by atoms with Crippen LogP contribution in [0.1, 0.15) is 22.8 Å². The van der Waals surface area contributed by atoms with Gasteiger partial charge in [0.2, 0.25) is 11.8 Å². The summed E-state index contributed by atoms with van der Waals surface area (Å²) in [5, 5.41) is 8.13. The number of benzene rings is 5. The van der Waals surface area contributed by atoms with Crippen LogP contribution in [0.2, 0.25) is 0 Å². The topological polar surface area (TPSA) is 123 Å². The van der Waals surface area contributed by atoms with E-state index in [1.807, 2.05) is 79.7 Å². The number of nitrogens with zero attached hydrogens (tertiary/aromatic N) is 1. The Bertz CT molecular complexity index is 2110. The molecule has 3 amide bonds. The maximum absolute atomic E-state index is 13.6. The summed E-state index contributed by atoms with van der Waals surface area (Å²) < 4.78 is 11.3. The highest BCUT2D eigenvalue weighted by molar-refractivity contribution is 8.00. The molecule has 0 spiro atoms. The third-order valence-electron chi connectivity index (χ3n) is 7.43. The Labute approximate surface area is 287 Å². The van der Waals surface area contributed by atoms with Crippen molar-refractivity contribution in [2.24, 2.45) is 0 Å². The van der Waals surface area contributed by atoms with Crippen molar-refractivity contribution in [3.8, 4) is 17.2 Å². The lowest BCUT2D eigenvalue weighted by molar-refractivity contribution is -0.115. The van der Waals surface area contributed by atoms with Gasteiger partial charge >= 0.3 is 0 Å². The van der Waals surface area contributed by atoms with Crippen molar-refractivity contribution in [2.75, 3.05) is 17.7 Å². The zero-order valence-electron chi connectivity index (χ0n) is 26.7. The molecule has 10 heteroatoms. The van der Waals surface area contributed by atoms with Crippen LogP contribution >= 0.6 is 11.8 Å². The van der Waals surface area contributed by atoms with E-state index in [1.54, 1.807) is 60.7 Å². The summed E-state index contributed by atoms with van der Waals surface area (Å²) in [6.07, 6.45) is 1.57. The van der Waals surface area contributed by atoms with Crippen molar-refractivity contribution in [3.63, 3.8) is 0 Å². The number of hydrogen-bond acceptors (Lipinski definition) is 7. The van der Waals surface area contributed by atoms with Crippen molar-refractivity contribution in [1.82, 2.24) is 10.3 Å². The van der Waals surface area contributed by atoms with Gasteiger partial charge in [-0.15, -0.1) is 11.8 Å². The molecule has 0 aliphatic heterocycles. The molecule has 0 saturated heterocycles. The Balaban J connectivity index is 1.11. The van der Waals surface area contributed by atoms with Crippen LogP contribution in [-0.2, 0) is 9.59 Å². The molecule has 9 nitrogen and oxygen atoms in total. The summed E-state index contributed by atoms with van der Waals surface area (Å²) in [5.41, 5.74) is 4.50. The second-order valence-electron chi connectivity index (χ2n) is 10.9. The molecular weight excluding hydrogens is 637 g/mol. The van der Waals surface area contributed by atoms with Crippen LogP contribution in [0, 0.1) is 0 Å². The standard InChI is InChI=1S/C39H32N4O5S/c1-25(36(44)40-29-21-19-27(20-22-29)39-43-32-16-7-9-18-35(32)48-39)49-31-15-10-14-30(24-31)41-38(46)33(23-28-13-6-8-17-34(28)47-2)42-37(45)26-11-4-3-5-12-26/h3-25H,1-2H3,(H,40,44)(H,41,46)(H,42,45)/b33-23+. The maximum Gasteiger partial charge on any atom is 0.272 e. The number of anilines is 2. The van der Waals surface area contributed by atoms with Gasteiger partial charge in [0.15, 0.2) is 5.58 Å². The summed E-state index contributed by atoms with van der Waals surface area (Å²) in [6.45, 7) is 1.81. The maximum atomic E-state index is 13.6. The first kappa shape index (κ1) is 32.8. The predicted molar refractivity (Wildman–Crippen MR) is 193 cm³/mol. The number of carbonyl (C=O) groups is 3. The second kappa shape index (κ2) is 15.2. The lowest BCUT2D eigenvalue weighted by Gasteiger charge is -2.14. The monoisotopic (exact) mass is 668 g/mol. The molecule has 1 unspecified atom stereocenters. The first-order chi connectivity index (χ1) is 23.9. The minimum atomic E-state index is -0.524. The highest BCUT2D eigenvalue weighted by atomic mass is 32.2. The van der Waals surface area contributed by atoms with Crippen molar-refractivity contribution >= 4 is 58.0 Å². The van der Waals surface area contributed by atoms with Crippen LogP contribution < -0.4 is 20.7 Å². The number of carbonyl (C=O) groups excluding carboxylic acids is 3. The van der Waals surface area contributed by atoms with E-state index in [9.17, 15) is 14.4 Å². The molecule has 1 atom stereocenters. The second-order valence-corrected chi connectivity index (χ2v) is 12.3. The molecule has 0 saturated carbocycles. The molecule has 0 bridgehead atoms.